The van der Waals surface area contributed by atoms with Crippen LogP contribution in [-0.2, 0) is 6.54 Å². The predicted molar refractivity (Wildman–Crippen MR) is 73.3 cm³/mol. The standard InChI is InChI=1S/C13H18ClN3/c1-2-3-4-5-8-17-12-7-6-10(14)9-11(12)16-13(17)15/h6-7,9H,2-5,8H2,1H3,(H2,15,16). The second-order valence-electron chi connectivity index (χ2n) is 4.32. The highest BCUT2D eigenvalue weighted by Crippen LogP contribution is 2.22. The van der Waals surface area contributed by atoms with Crippen molar-refractivity contribution in [3.63, 3.8) is 0 Å². The van der Waals surface area contributed by atoms with Crippen LogP contribution in [0.3, 0.4) is 0 Å². The van der Waals surface area contributed by atoms with Crippen molar-refractivity contribution in [2.75, 3.05) is 5.73 Å². The molecule has 0 amide bonds. The summed E-state index contributed by atoms with van der Waals surface area (Å²) in [5.41, 5.74) is 7.88. The number of nitrogens with two attached hydrogens (primary N) is 1. The molecule has 0 fully saturated rings. The summed E-state index contributed by atoms with van der Waals surface area (Å²) in [6.45, 7) is 3.15. The molecule has 1 aromatic heterocycles. The summed E-state index contributed by atoms with van der Waals surface area (Å²) in [7, 11) is 0. The third-order valence-corrected chi connectivity index (χ3v) is 3.21. The molecule has 0 spiro atoms. The number of aryl methyl sites for hydroxylation is 1. The third kappa shape index (κ3) is 2.72. The number of rotatable bonds is 5. The molecule has 0 radical (unpaired) electrons. The number of nitrogen functional groups attached to an aromatic ring is 1. The molecule has 0 aliphatic heterocycles. The molecular formula is C13H18ClN3. The Bertz CT molecular complexity index is 505. The van der Waals surface area contributed by atoms with E-state index in [0.717, 1.165) is 24.0 Å². The molecule has 4 heteroatoms. The van der Waals surface area contributed by atoms with Crippen molar-refractivity contribution in [3.05, 3.63) is 23.2 Å². The molecule has 1 aromatic carbocycles. The molecule has 0 saturated carbocycles. The van der Waals surface area contributed by atoms with Crippen LogP contribution < -0.4 is 5.73 Å². The number of nitrogens with zero attached hydrogens (tertiary/aromatic N) is 2. The fourth-order valence-corrected chi connectivity index (χ4v) is 2.22. The molecule has 0 aliphatic carbocycles. The summed E-state index contributed by atoms with van der Waals surface area (Å²) >= 11 is 5.94. The van der Waals surface area contributed by atoms with Crippen LogP contribution in [0.25, 0.3) is 11.0 Å². The largest absolute Gasteiger partial charge is 0.369 e. The number of benzene rings is 1. The number of halogens is 1. The van der Waals surface area contributed by atoms with Gasteiger partial charge in [0.1, 0.15) is 0 Å². The minimum absolute atomic E-state index is 0.582. The molecule has 92 valence electrons. The van der Waals surface area contributed by atoms with Crippen molar-refractivity contribution in [3.8, 4) is 0 Å². The van der Waals surface area contributed by atoms with Crippen LogP contribution in [0.2, 0.25) is 5.02 Å². The van der Waals surface area contributed by atoms with Gasteiger partial charge >= 0.3 is 0 Å². The molecule has 0 atom stereocenters. The van der Waals surface area contributed by atoms with Crippen LogP contribution in [0.4, 0.5) is 5.95 Å². The van der Waals surface area contributed by atoms with Gasteiger partial charge in [0.25, 0.3) is 0 Å². The van der Waals surface area contributed by atoms with E-state index in [1.165, 1.54) is 19.3 Å². The van der Waals surface area contributed by atoms with Gasteiger partial charge in [-0.25, -0.2) is 4.98 Å². The highest BCUT2D eigenvalue weighted by Gasteiger charge is 2.07. The van der Waals surface area contributed by atoms with Gasteiger partial charge in [0.15, 0.2) is 0 Å². The molecule has 2 N–H and O–H groups in total. The number of hydrogen-bond acceptors (Lipinski definition) is 2. The topological polar surface area (TPSA) is 43.8 Å². The first-order valence-electron chi connectivity index (χ1n) is 6.13. The lowest BCUT2D eigenvalue weighted by atomic mass is 10.2. The van der Waals surface area contributed by atoms with Crippen LogP contribution >= 0.6 is 11.6 Å². The quantitative estimate of drug-likeness (QED) is 0.821. The zero-order valence-corrected chi connectivity index (χ0v) is 10.9. The van der Waals surface area contributed by atoms with E-state index < -0.39 is 0 Å². The number of aromatic nitrogens is 2. The van der Waals surface area contributed by atoms with E-state index in [0.29, 0.717) is 11.0 Å². The molecule has 17 heavy (non-hydrogen) atoms. The van der Waals surface area contributed by atoms with Crippen molar-refractivity contribution in [2.45, 2.75) is 39.2 Å². The molecule has 0 saturated heterocycles. The zero-order chi connectivity index (χ0) is 12.3. The summed E-state index contributed by atoms with van der Waals surface area (Å²) in [6.07, 6.45) is 4.91. The number of anilines is 1. The predicted octanol–water partition coefficient (Wildman–Crippen LogP) is 3.85. The average Bonchev–Trinajstić information content (AvgIpc) is 2.60. The zero-order valence-electron chi connectivity index (χ0n) is 10.1. The Kier molecular flexibility index (Phi) is 3.89. The molecule has 2 rings (SSSR count). The summed E-state index contributed by atoms with van der Waals surface area (Å²) in [4.78, 5) is 4.33. The normalized spacial score (nSPS) is 11.2. The van der Waals surface area contributed by atoms with Gasteiger partial charge in [-0.05, 0) is 24.6 Å². The third-order valence-electron chi connectivity index (χ3n) is 2.98. The summed E-state index contributed by atoms with van der Waals surface area (Å²) in [5.74, 6) is 0.582. The molecule has 0 unspecified atom stereocenters. The highest BCUT2D eigenvalue weighted by atomic mass is 35.5. The van der Waals surface area contributed by atoms with E-state index in [4.69, 9.17) is 17.3 Å². The van der Waals surface area contributed by atoms with Crippen molar-refractivity contribution in [1.82, 2.24) is 9.55 Å². The van der Waals surface area contributed by atoms with Gasteiger partial charge in [-0.3, -0.25) is 0 Å². The van der Waals surface area contributed by atoms with Crippen LogP contribution in [0.15, 0.2) is 18.2 Å². The van der Waals surface area contributed by atoms with E-state index in [2.05, 4.69) is 16.5 Å². The SMILES string of the molecule is CCCCCCn1c(N)nc2cc(Cl)ccc21. The van der Waals surface area contributed by atoms with Crippen molar-refractivity contribution in [2.24, 2.45) is 0 Å². The van der Waals surface area contributed by atoms with E-state index in [9.17, 15) is 0 Å². The average molecular weight is 252 g/mol. The Morgan fingerprint density at radius 1 is 1.29 bits per heavy atom. The maximum absolute atomic E-state index is 5.94. The van der Waals surface area contributed by atoms with Gasteiger partial charge in [-0.2, -0.15) is 0 Å². The fraction of sp³-hybridized carbons (Fsp3) is 0.462. The van der Waals surface area contributed by atoms with Gasteiger partial charge < -0.3 is 10.3 Å². The minimum atomic E-state index is 0.582. The Labute approximate surface area is 107 Å². The first-order chi connectivity index (χ1) is 8.22. The molecule has 0 aliphatic rings. The van der Waals surface area contributed by atoms with Crippen molar-refractivity contribution >= 4 is 28.6 Å². The maximum atomic E-state index is 5.94. The number of imidazole rings is 1. The Morgan fingerprint density at radius 2 is 2.12 bits per heavy atom. The summed E-state index contributed by atoms with van der Waals surface area (Å²) in [5, 5.41) is 0.702. The Hall–Kier alpha value is -1.22. The molecule has 0 bridgehead atoms. The Morgan fingerprint density at radius 3 is 2.88 bits per heavy atom. The lowest BCUT2D eigenvalue weighted by Gasteiger charge is -2.05. The van der Waals surface area contributed by atoms with Gasteiger partial charge in [0, 0.05) is 11.6 Å². The van der Waals surface area contributed by atoms with Crippen LogP contribution in [-0.4, -0.2) is 9.55 Å². The van der Waals surface area contributed by atoms with Gasteiger partial charge in [-0.1, -0.05) is 37.8 Å². The lowest BCUT2D eigenvalue weighted by molar-refractivity contribution is 0.595. The van der Waals surface area contributed by atoms with E-state index in [-0.39, 0.29) is 0 Å². The minimum Gasteiger partial charge on any atom is -0.369 e. The van der Waals surface area contributed by atoms with Gasteiger partial charge in [-0.15, -0.1) is 0 Å². The molecule has 1 heterocycles. The van der Waals surface area contributed by atoms with Crippen molar-refractivity contribution in [1.29, 1.82) is 0 Å². The number of fused-ring (bicyclic) bond motifs is 1. The first-order valence-corrected chi connectivity index (χ1v) is 6.51. The van der Waals surface area contributed by atoms with Gasteiger partial charge in [0.05, 0.1) is 11.0 Å². The van der Waals surface area contributed by atoms with Crippen LogP contribution in [0, 0.1) is 0 Å². The summed E-state index contributed by atoms with van der Waals surface area (Å²) in [6, 6.07) is 5.73. The smallest absolute Gasteiger partial charge is 0.201 e. The molecule has 2 aromatic rings. The fourth-order valence-electron chi connectivity index (χ4n) is 2.05. The van der Waals surface area contributed by atoms with Crippen molar-refractivity contribution < 1.29 is 0 Å². The van der Waals surface area contributed by atoms with E-state index in [1.54, 1.807) is 0 Å². The van der Waals surface area contributed by atoms with Crippen LogP contribution in [0.5, 0.6) is 0 Å². The van der Waals surface area contributed by atoms with E-state index in [1.807, 2.05) is 18.2 Å². The second-order valence-corrected chi connectivity index (χ2v) is 4.75. The monoisotopic (exact) mass is 251 g/mol. The van der Waals surface area contributed by atoms with Gasteiger partial charge in [0.2, 0.25) is 5.95 Å². The molecular weight excluding hydrogens is 234 g/mol. The Balaban J connectivity index is 2.18. The van der Waals surface area contributed by atoms with E-state index >= 15 is 0 Å². The molecule has 3 nitrogen and oxygen atoms in total. The first kappa shape index (κ1) is 12.2. The number of unbranched alkanes of at least 4 members (excludes halogenated alkanes) is 3. The lowest BCUT2D eigenvalue weighted by Crippen LogP contribution is -2.03. The maximum Gasteiger partial charge on any atom is 0.201 e. The summed E-state index contributed by atoms with van der Waals surface area (Å²) < 4.78 is 2.07. The second kappa shape index (κ2) is 5.41. The van der Waals surface area contributed by atoms with Crippen LogP contribution in [0.1, 0.15) is 32.6 Å². The number of hydrogen-bond donors (Lipinski definition) is 1. The highest BCUT2D eigenvalue weighted by molar-refractivity contribution is 6.31.